The SMILES string of the molecule is CCOc1cccc(C(CC(C)(C)C)NC)c1. The van der Waals surface area contributed by atoms with Crippen molar-refractivity contribution >= 4 is 0 Å². The van der Waals surface area contributed by atoms with E-state index in [1.807, 2.05) is 20.0 Å². The second-order valence-corrected chi connectivity index (χ2v) is 5.61. The average molecular weight is 235 g/mol. The molecule has 1 unspecified atom stereocenters. The fraction of sp³-hybridized carbons (Fsp3) is 0.600. The molecule has 1 aromatic carbocycles. The Morgan fingerprint density at radius 1 is 1.29 bits per heavy atom. The molecule has 0 spiro atoms. The normalized spacial score (nSPS) is 13.5. The van der Waals surface area contributed by atoms with E-state index in [0.717, 1.165) is 12.2 Å². The Bertz CT molecular complexity index is 341. The first-order valence-corrected chi connectivity index (χ1v) is 6.36. The summed E-state index contributed by atoms with van der Waals surface area (Å²) in [5.41, 5.74) is 1.61. The molecule has 0 aliphatic carbocycles. The molecule has 0 aliphatic rings. The standard InChI is InChI=1S/C15H25NO/c1-6-17-13-9-7-8-12(10-13)14(16-5)11-15(2,3)4/h7-10,14,16H,6,11H2,1-5H3. The maximum Gasteiger partial charge on any atom is 0.119 e. The van der Waals surface area contributed by atoms with E-state index in [4.69, 9.17) is 4.74 Å². The van der Waals surface area contributed by atoms with E-state index in [1.54, 1.807) is 0 Å². The molecule has 0 bridgehead atoms. The fourth-order valence-corrected chi connectivity index (χ4v) is 1.99. The van der Waals surface area contributed by atoms with Crippen LogP contribution in [0.5, 0.6) is 5.75 Å². The molecule has 2 heteroatoms. The topological polar surface area (TPSA) is 21.3 Å². The number of hydrogen-bond donors (Lipinski definition) is 1. The summed E-state index contributed by atoms with van der Waals surface area (Å²) in [5, 5.41) is 3.39. The third-order valence-electron chi connectivity index (χ3n) is 2.74. The molecule has 1 rings (SSSR count). The number of nitrogens with one attached hydrogen (secondary N) is 1. The highest BCUT2D eigenvalue weighted by atomic mass is 16.5. The van der Waals surface area contributed by atoms with Crippen molar-refractivity contribution in [2.24, 2.45) is 5.41 Å². The van der Waals surface area contributed by atoms with Gasteiger partial charge in [-0.05, 0) is 43.5 Å². The Kier molecular flexibility index (Phi) is 5.01. The summed E-state index contributed by atoms with van der Waals surface area (Å²) < 4.78 is 5.54. The molecular formula is C15H25NO. The van der Waals surface area contributed by atoms with Crippen molar-refractivity contribution in [1.29, 1.82) is 0 Å². The van der Waals surface area contributed by atoms with Crippen LogP contribution in [0.3, 0.4) is 0 Å². The smallest absolute Gasteiger partial charge is 0.119 e. The third kappa shape index (κ3) is 4.78. The van der Waals surface area contributed by atoms with Crippen molar-refractivity contribution in [3.05, 3.63) is 29.8 Å². The Balaban J connectivity index is 2.84. The van der Waals surface area contributed by atoms with Crippen LogP contribution in [0, 0.1) is 5.41 Å². The Hall–Kier alpha value is -1.02. The lowest BCUT2D eigenvalue weighted by Gasteiger charge is -2.26. The molecular weight excluding hydrogens is 210 g/mol. The van der Waals surface area contributed by atoms with Gasteiger partial charge in [0.25, 0.3) is 0 Å². The van der Waals surface area contributed by atoms with E-state index in [0.29, 0.717) is 18.1 Å². The highest BCUT2D eigenvalue weighted by Crippen LogP contribution is 2.30. The number of benzene rings is 1. The molecule has 0 aliphatic heterocycles. The summed E-state index contributed by atoms with van der Waals surface area (Å²) in [4.78, 5) is 0. The molecule has 0 heterocycles. The van der Waals surface area contributed by atoms with Crippen molar-refractivity contribution in [1.82, 2.24) is 5.32 Å². The molecule has 0 saturated heterocycles. The van der Waals surface area contributed by atoms with Crippen molar-refractivity contribution in [3.8, 4) is 5.75 Å². The predicted molar refractivity (Wildman–Crippen MR) is 73.5 cm³/mol. The molecule has 1 aromatic rings. The first-order valence-electron chi connectivity index (χ1n) is 6.36. The Morgan fingerprint density at radius 2 is 2.00 bits per heavy atom. The van der Waals surface area contributed by atoms with Gasteiger partial charge in [-0.25, -0.2) is 0 Å². The highest BCUT2D eigenvalue weighted by molar-refractivity contribution is 5.30. The van der Waals surface area contributed by atoms with Crippen LogP contribution < -0.4 is 10.1 Å². The van der Waals surface area contributed by atoms with Gasteiger partial charge >= 0.3 is 0 Å². The minimum atomic E-state index is 0.315. The average Bonchev–Trinajstić information content (AvgIpc) is 2.25. The van der Waals surface area contributed by atoms with Gasteiger partial charge in [0, 0.05) is 6.04 Å². The lowest BCUT2D eigenvalue weighted by molar-refractivity contribution is 0.317. The van der Waals surface area contributed by atoms with Gasteiger partial charge in [-0.2, -0.15) is 0 Å². The number of rotatable bonds is 5. The summed E-state index contributed by atoms with van der Waals surface area (Å²) in [6, 6.07) is 8.76. The lowest BCUT2D eigenvalue weighted by Crippen LogP contribution is -2.22. The second-order valence-electron chi connectivity index (χ2n) is 5.61. The van der Waals surface area contributed by atoms with E-state index >= 15 is 0 Å². The van der Waals surface area contributed by atoms with Gasteiger partial charge in [-0.3, -0.25) is 0 Å². The van der Waals surface area contributed by atoms with Gasteiger partial charge in [0.2, 0.25) is 0 Å². The minimum absolute atomic E-state index is 0.315. The van der Waals surface area contributed by atoms with Crippen molar-refractivity contribution in [3.63, 3.8) is 0 Å². The van der Waals surface area contributed by atoms with Gasteiger partial charge in [0.1, 0.15) is 5.75 Å². The summed E-state index contributed by atoms with van der Waals surface area (Å²) in [6.07, 6.45) is 1.11. The number of hydrogen-bond acceptors (Lipinski definition) is 2. The van der Waals surface area contributed by atoms with Gasteiger partial charge in [-0.15, -0.1) is 0 Å². The van der Waals surface area contributed by atoms with Crippen LogP contribution in [-0.4, -0.2) is 13.7 Å². The Labute approximate surface area is 105 Å². The van der Waals surface area contributed by atoms with Crippen LogP contribution in [0.2, 0.25) is 0 Å². The van der Waals surface area contributed by atoms with Crippen molar-refractivity contribution < 1.29 is 4.74 Å². The molecule has 0 radical (unpaired) electrons. The summed E-state index contributed by atoms with van der Waals surface area (Å²) in [7, 11) is 2.02. The molecule has 0 aromatic heterocycles. The first-order chi connectivity index (χ1) is 7.96. The quantitative estimate of drug-likeness (QED) is 0.838. The zero-order valence-corrected chi connectivity index (χ0v) is 11.7. The predicted octanol–water partition coefficient (Wildman–Crippen LogP) is 3.78. The maximum atomic E-state index is 5.54. The maximum absolute atomic E-state index is 5.54. The van der Waals surface area contributed by atoms with Gasteiger partial charge < -0.3 is 10.1 Å². The van der Waals surface area contributed by atoms with Crippen LogP contribution in [0.1, 0.15) is 45.7 Å². The molecule has 1 N–H and O–H groups in total. The zero-order chi connectivity index (χ0) is 12.9. The highest BCUT2D eigenvalue weighted by Gasteiger charge is 2.19. The van der Waals surface area contributed by atoms with E-state index < -0.39 is 0 Å². The number of ether oxygens (including phenoxy) is 1. The molecule has 0 amide bonds. The fourth-order valence-electron chi connectivity index (χ4n) is 1.99. The van der Waals surface area contributed by atoms with Crippen LogP contribution in [-0.2, 0) is 0 Å². The second kappa shape index (κ2) is 6.06. The van der Waals surface area contributed by atoms with Crippen LogP contribution in [0.25, 0.3) is 0 Å². The first kappa shape index (κ1) is 14.0. The molecule has 0 fully saturated rings. The largest absolute Gasteiger partial charge is 0.494 e. The van der Waals surface area contributed by atoms with Gasteiger partial charge in [0.05, 0.1) is 6.61 Å². The molecule has 17 heavy (non-hydrogen) atoms. The van der Waals surface area contributed by atoms with Crippen LogP contribution >= 0.6 is 0 Å². The molecule has 2 nitrogen and oxygen atoms in total. The van der Waals surface area contributed by atoms with Gasteiger partial charge in [0.15, 0.2) is 0 Å². The summed E-state index contributed by atoms with van der Waals surface area (Å²) in [5.74, 6) is 0.958. The summed E-state index contributed by atoms with van der Waals surface area (Å²) in [6.45, 7) is 9.53. The lowest BCUT2D eigenvalue weighted by atomic mass is 9.85. The Morgan fingerprint density at radius 3 is 2.53 bits per heavy atom. The van der Waals surface area contributed by atoms with Gasteiger partial charge in [-0.1, -0.05) is 32.9 Å². The van der Waals surface area contributed by atoms with Crippen LogP contribution in [0.15, 0.2) is 24.3 Å². The molecule has 0 saturated carbocycles. The molecule has 1 atom stereocenters. The summed E-state index contributed by atoms with van der Waals surface area (Å²) >= 11 is 0. The van der Waals surface area contributed by atoms with Crippen LogP contribution in [0.4, 0.5) is 0 Å². The minimum Gasteiger partial charge on any atom is -0.494 e. The molecule has 96 valence electrons. The monoisotopic (exact) mass is 235 g/mol. The third-order valence-corrected chi connectivity index (χ3v) is 2.74. The van der Waals surface area contributed by atoms with Crippen molar-refractivity contribution in [2.75, 3.05) is 13.7 Å². The van der Waals surface area contributed by atoms with Crippen molar-refractivity contribution in [2.45, 2.75) is 40.2 Å². The van der Waals surface area contributed by atoms with E-state index in [-0.39, 0.29) is 0 Å². The zero-order valence-electron chi connectivity index (χ0n) is 11.7. The van der Waals surface area contributed by atoms with E-state index in [9.17, 15) is 0 Å². The van der Waals surface area contributed by atoms with E-state index in [2.05, 4.69) is 44.3 Å². The van der Waals surface area contributed by atoms with E-state index in [1.165, 1.54) is 5.56 Å².